The van der Waals surface area contributed by atoms with Crippen molar-refractivity contribution in [3.05, 3.63) is 54.0 Å². The van der Waals surface area contributed by atoms with E-state index in [1.54, 1.807) is 12.3 Å². The molecule has 2 saturated heterocycles. The molecule has 1 amide bonds. The molecule has 2 fully saturated rings. The van der Waals surface area contributed by atoms with E-state index in [9.17, 15) is 9.18 Å². The Morgan fingerprint density at radius 2 is 1.79 bits per heavy atom. The van der Waals surface area contributed by atoms with Crippen LogP contribution < -0.4 is 9.80 Å². The first-order chi connectivity index (χ1) is 13.6. The molecule has 2 aliphatic rings. The van der Waals surface area contributed by atoms with Gasteiger partial charge in [-0.05, 0) is 43.0 Å². The average Bonchev–Trinajstić information content (AvgIpc) is 2.74. The second-order valence-electron chi connectivity index (χ2n) is 7.83. The molecule has 148 valence electrons. The van der Waals surface area contributed by atoms with E-state index in [0.717, 1.165) is 51.5 Å². The van der Waals surface area contributed by atoms with Gasteiger partial charge in [-0.3, -0.25) is 4.79 Å². The minimum Gasteiger partial charge on any atom is -0.366 e. The number of likely N-dealkylation sites (tertiary alicyclic amines) is 1. The fourth-order valence-electron chi connectivity index (χ4n) is 4.14. The number of anilines is 2. The molecule has 0 saturated carbocycles. The number of piperazine rings is 1. The first-order valence-electron chi connectivity index (χ1n) is 10.1. The number of rotatable bonds is 3. The van der Waals surface area contributed by atoms with Gasteiger partial charge in [0.15, 0.2) is 0 Å². The van der Waals surface area contributed by atoms with Crippen LogP contribution in [-0.4, -0.2) is 55.1 Å². The van der Waals surface area contributed by atoms with E-state index in [2.05, 4.69) is 21.7 Å². The number of hydrogen-bond donors (Lipinski definition) is 0. The fraction of sp³-hybridized carbons (Fsp3) is 0.455. The molecule has 1 unspecified atom stereocenters. The Bertz CT molecular complexity index is 818. The van der Waals surface area contributed by atoms with Gasteiger partial charge in [0.05, 0.1) is 11.3 Å². The first-order valence-corrected chi connectivity index (χ1v) is 10.1. The van der Waals surface area contributed by atoms with Gasteiger partial charge in [0.2, 0.25) is 0 Å². The molecule has 28 heavy (non-hydrogen) atoms. The molecular formula is C22H27FN4O. The van der Waals surface area contributed by atoms with Crippen LogP contribution in [0.15, 0.2) is 42.6 Å². The van der Waals surface area contributed by atoms with E-state index < -0.39 is 0 Å². The van der Waals surface area contributed by atoms with E-state index >= 15 is 0 Å². The van der Waals surface area contributed by atoms with Gasteiger partial charge in [-0.25, -0.2) is 9.37 Å². The molecule has 0 bridgehead atoms. The standard InChI is InChI=1S/C22H27FN4O/c1-17-5-4-10-27(16-17)22(28)18-8-9-21(24-15-18)26-13-11-25(12-14-26)20-7-3-2-6-19(20)23/h2-3,6-9,15,17H,4-5,10-14,16H2,1H3. The maximum Gasteiger partial charge on any atom is 0.255 e. The molecule has 2 aromatic rings. The average molecular weight is 382 g/mol. The van der Waals surface area contributed by atoms with E-state index in [-0.39, 0.29) is 11.7 Å². The van der Waals surface area contributed by atoms with Gasteiger partial charge in [0, 0.05) is 45.5 Å². The summed E-state index contributed by atoms with van der Waals surface area (Å²) in [6.45, 7) is 6.91. The van der Waals surface area contributed by atoms with Crippen LogP contribution in [0.25, 0.3) is 0 Å². The van der Waals surface area contributed by atoms with Gasteiger partial charge in [-0.1, -0.05) is 19.1 Å². The molecule has 0 aliphatic carbocycles. The van der Waals surface area contributed by atoms with Crippen molar-refractivity contribution in [2.24, 2.45) is 5.92 Å². The number of carbonyl (C=O) groups is 1. The highest BCUT2D eigenvalue weighted by Crippen LogP contribution is 2.23. The Kier molecular flexibility index (Phi) is 5.46. The molecular weight excluding hydrogens is 355 g/mol. The van der Waals surface area contributed by atoms with Crippen molar-refractivity contribution in [2.75, 3.05) is 49.1 Å². The summed E-state index contributed by atoms with van der Waals surface area (Å²) in [6.07, 6.45) is 3.96. The minimum atomic E-state index is -0.177. The van der Waals surface area contributed by atoms with Crippen molar-refractivity contribution in [3.8, 4) is 0 Å². The third-order valence-electron chi connectivity index (χ3n) is 5.74. The smallest absolute Gasteiger partial charge is 0.255 e. The molecule has 1 atom stereocenters. The number of amides is 1. The summed E-state index contributed by atoms with van der Waals surface area (Å²) in [6, 6.07) is 10.7. The molecule has 5 nitrogen and oxygen atoms in total. The van der Waals surface area contributed by atoms with Crippen LogP contribution in [0.3, 0.4) is 0 Å². The summed E-state index contributed by atoms with van der Waals surface area (Å²) in [5.41, 5.74) is 1.31. The number of para-hydroxylation sites is 1. The SMILES string of the molecule is CC1CCCN(C(=O)c2ccc(N3CCN(c4ccccc4F)CC3)nc2)C1. The van der Waals surface area contributed by atoms with Crippen LogP contribution in [0.2, 0.25) is 0 Å². The second kappa shape index (κ2) is 8.17. The van der Waals surface area contributed by atoms with Gasteiger partial charge in [-0.15, -0.1) is 0 Å². The molecule has 2 aliphatic heterocycles. The normalized spacial score (nSPS) is 20.4. The molecule has 3 heterocycles. The summed E-state index contributed by atoms with van der Waals surface area (Å²) >= 11 is 0. The number of aromatic nitrogens is 1. The predicted octanol–water partition coefficient (Wildman–Crippen LogP) is 3.42. The highest BCUT2D eigenvalue weighted by molar-refractivity contribution is 5.94. The Morgan fingerprint density at radius 3 is 2.46 bits per heavy atom. The topological polar surface area (TPSA) is 39.7 Å². The number of piperidine rings is 1. The minimum absolute atomic E-state index is 0.0787. The second-order valence-corrected chi connectivity index (χ2v) is 7.83. The Balaban J connectivity index is 1.37. The zero-order valence-corrected chi connectivity index (χ0v) is 16.4. The van der Waals surface area contributed by atoms with Gasteiger partial charge in [-0.2, -0.15) is 0 Å². The predicted molar refractivity (Wildman–Crippen MR) is 109 cm³/mol. The lowest BCUT2D eigenvalue weighted by Crippen LogP contribution is -2.47. The van der Waals surface area contributed by atoms with Crippen molar-refractivity contribution in [1.82, 2.24) is 9.88 Å². The number of nitrogens with zero attached hydrogens (tertiary/aromatic N) is 4. The third-order valence-corrected chi connectivity index (χ3v) is 5.74. The zero-order valence-electron chi connectivity index (χ0n) is 16.4. The van der Waals surface area contributed by atoms with Crippen molar-refractivity contribution in [1.29, 1.82) is 0 Å². The summed E-state index contributed by atoms with van der Waals surface area (Å²) in [5, 5.41) is 0. The Labute approximate surface area is 165 Å². The van der Waals surface area contributed by atoms with Crippen LogP contribution in [0.4, 0.5) is 15.9 Å². The fourth-order valence-corrected chi connectivity index (χ4v) is 4.14. The number of halogens is 1. The lowest BCUT2D eigenvalue weighted by atomic mass is 10.00. The Morgan fingerprint density at radius 1 is 1.04 bits per heavy atom. The van der Waals surface area contributed by atoms with Crippen LogP contribution in [0.1, 0.15) is 30.1 Å². The van der Waals surface area contributed by atoms with Gasteiger partial charge in [0.25, 0.3) is 5.91 Å². The monoisotopic (exact) mass is 382 g/mol. The van der Waals surface area contributed by atoms with Crippen LogP contribution >= 0.6 is 0 Å². The third kappa shape index (κ3) is 3.96. The molecule has 0 spiro atoms. The summed E-state index contributed by atoms with van der Waals surface area (Å²) in [4.78, 5) is 23.4. The lowest BCUT2D eigenvalue weighted by molar-refractivity contribution is 0.0682. The molecule has 0 N–H and O–H groups in total. The van der Waals surface area contributed by atoms with Crippen LogP contribution in [-0.2, 0) is 0 Å². The zero-order chi connectivity index (χ0) is 19.5. The van der Waals surface area contributed by atoms with E-state index in [1.165, 1.54) is 12.5 Å². The van der Waals surface area contributed by atoms with E-state index in [4.69, 9.17) is 0 Å². The maximum atomic E-state index is 14.0. The maximum absolute atomic E-state index is 14.0. The largest absolute Gasteiger partial charge is 0.366 e. The lowest BCUT2D eigenvalue weighted by Gasteiger charge is -2.37. The van der Waals surface area contributed by atoms with E-state index in [1.807, 2.05) is 29.2 Å². The molecule has 4 rings (SSSR count). The highest BCUT2D eigenvalue weighted by atomic mass is 19.1. The summed E-state index contributed by atoms with van der Waals surface area (Å²) in [5.74, 6) is 1.34. The van der Waals surface area contributed by atoms with Gasteiger partial charge in [0.1, 0.15) is 11.6 Å². The number of benzene rings is 1. The van der Waals surface area contributed by atoms with Gasteiger partial charge >= 0.3 is 0 Å². The van der Waals surface area contributed by atoms with Gasteiger partial charge < -0.3 is 14.7 Å². The van der Waals surface area contributed by atoms with Crippen molar-refractivity contribution >= 4 is 17.4 Å². The van der Waals surface area contributed by atoms with Crippen molar-refractivity contribution < 1.29 is 9.18 Å². The van der Waals surface area contributed by atoms with Crippen molar-refractivity contribution in [2.45, 2.75) is 19.8 Å². The quantitative estimate of drug-likeness (QED) is 0.816. The van der Waals surface area contributed by atoms with Crippen LogP contribution in [0, 0.1) is 11.7 Å². The summed E-state index contributed by atoms with van der Waals surface area (Å²) in [7, 11) is 0. The summed E-state index contributed by atoms with van der Waals surface area (Å²) < 4.78 is 14.0. The van der Waals surface area contributed by atoms with Crippen molar-refractivity contribution in [3.63, 3.8) is 0 Å². The van der Waals surface area contributed by atoms with Crippen LogP contribution in [0.5, 0.6) is 0 Å². The van der Waals surface area contributed by atoms with E-state index in [0.29, 0.717) is 17.2 Å². The molecule has 0 radical (unpaired) electrons. The number of carbonyl (C=O) groups excluding carboxylic acids is 1. The molecule has 6 heteroatoms. The molecule has 1 aromatic heterocycles. The highest BCUT2D eigenvalue weighted by Gasteiger charge is 2.23. The number of hydrogen-bond acceptors (Lipinski definition) is 4. The number of pyridine rings is 1. The first kappa shape index (κ1) is 18.7. The Hall–Kier alpha value is -2.63. The molecule has 1 aromatic carbocycles.